The van der Waals surface area contributed by atoms with Crippen molar-refractivity contribution in [3.05, 3.63) is 28.6 Å². The van der Waals surface area contributed by atoms with Crippen molar-refractivity contribution in [3.63, 3.8) is 0 Å². The van der Waals surface area contributed by atoms with Gasteiger partial charge in [-0.15, -0.1) is 0 Å². The second-order valence-corrected chi connectivity index (χ2v) is 4.11. The van der Waals surface area contributed by atoms with Gasteiger partial charge in [0.2, 0.25) is 11.8 Å². The molecule has 9 heteroatoms. The first kappa shape index (κ1) is 13.7. The lowest BCUT2D eigenvalue weighted by Crippen LogP contribution is -2.08. The van der Waals surface area contributed by atoms with Gasteiger partial charge in [-0.05, 0) is 6.42 Å². The summed E-state index contributed by atoms with van der Waals surface area (Å²) in [6, 6.07) is 1.70. The Kier molecular flexibility index (Phi) is 4.08. The number of hydrogen-bond donors (Lipinski definition) is 2. The van der Waals surface area contributed by atoms with Gasteiger partial charge < -0.3 is 10.6 Å². The van der Waals surface area contributed by atoms with Crippen LogP contribution in [0.15, 0.2) is 18.5 Å². The number of aryl methyl sites for hydroxylation is 1. The highest BCUT2D eigenvalue weighted by molar-refractivity contribution is 5.63. The molecular weight excluding hydrogens is 262 g/mol. The molecule has 20 heavy (non-hydrogen) atoms. The van der Waals surface area contributed by atoms with Crippen LogP contribution in [0.3, 0.4) is 0 Å². The molecule has 0 fully saturated rings. The topological polar surface area (TPSA) is 111 Å². The fraction of sp³-hybridized carbons (Fsp3) is 0.364. The Labute approximate surface area is 115 Å². The van der Waals surface area contributed by atoms with Crippen LogP contribution in [-0.2, 0) is 7.05 Å². The molecule has 106 valence electrons. The van der Waals surface area contributed by atoms with Gasteiger partial charge in [0, 0.05) is 25.9 Å². The molecule has 0 spiro atoms. The van der Waals surface area contributed by atoms with E-state index in [0.717, 1.165) is 6.42 Å². The number of nitrogens with zero attached hydrogens (tertiary/aromatic N) is 5. The van der Waals surface area contributed by atoms with E-state index in [1.165, 1.54) is 6.20 Å². The lowest BCUT2D eigenvalue weighted by atomic mass is 10.4. The second kappa shape index (κ2) is 5.95. The maximum atomic E-state index is 11.0. The molecule has 0 aliphatic heterocycles. The van der Waals surface area contributed by atoms with Gasteiger partial charge in [-0.2, -0.15) is 10.1 Å². The van der Waals surface area contributed by atoms with Crippen molar-refractivity contribution < 1.29 is 4.92 Å². The van der Waals surface area contributed by atoms with Crippen LogP contribution < -0.4 is 10.6 Å². The van der Waals surface area contributed by atoms with Crippen LogP contribution in [0, 0.1) is 10.1 Å². The molecule has 0 amide bonds. The van der Waals surface area contributed by atoms with E-state index in [4.69, 9.17) is 0 Å². The summed E-state index contributed by atoms with van der Waals surface area (Å²) < 4.78 is 1.59. The van der Waals surface area contributed by atoms with Crippen molar-refractivity contribution in [2.45, 2.75) is 13.3 Å². The van der Waals surface area contributed by atoms with Gasteiger partial charge in [-0.25, -0.2) is 4.98 Å². The van der Waals surface area contributed by atoms with Gasteiger partial charge in [-0.3, -0.25) is 14.8 Å². The van der Waals surface area contributed by atoms with Crippen LogP contribution in [0.2, 0.25) is 0 Å². The minimum Gasteiger partial charge on any atom is -0.354 e. The SMILES string of the molecule is CCCNc1ncc([N+](=O)[O-])c(Nc2ccn(C)n2)n1. The highest BCUT2D eigenvalue weighted by atomic mass is 16.6. The van der Waals surface area contributed by atoms with Crippen LogP contribution in [-0.4, -0.2) is 31.2 Å². The molecular formula is C11H15N7O2. The van der Waals surface area contributed by atoms with E-state index in [1.807, 2.05) is 6.92 Å². The summed E-state index contributed by atoms with van der Waals surface area (Å²) >= 11 is 0. The summed E-state index contributed by atoms with van der Waals surface area (Å²) in [6.45, 7) is 2.70. The Morgan fingerprint density at radius 3 is 2.90 bits per heavy atom. The molecule has 0 unspecified atom stereocenters. The molecule has 9 nitrogen and oxygen atoms in total. The summed E-state index contributed by atoms with van der Waals surface area (Å²) in [5.41, 5.74) is -0.197. The molecule has 2 rings (SSSR count). The van der Waals surface area contributed by atoms with Crippen LogP contribution in [0.5, 0.6) is 0 Å². The number of hydrogen-bond acceptors (Lipinski definition) is 7. The molecule has 0 atom stereocenters. The predicted octanol–water partition coefficient (Wildman–Crippen LogP) is 1.68. The lowest BCUT2D eigenvalue weighted by molar-refractivity contribution is -0.384. The van der Waals surface area contributed by atoms with Crippen LogP contribution in [0.1, 0.15) is 13.3 Å². The molecule has 0 saturated heterocycles. The predicted molar refractivity (Wildman–Crippen MR) is 74.0 cm³/mol. The molecule has 0 bridgehead atoms. The maximum absolute atomic E-state index is 11.0. The molecule has 0 saturated carbocycles. The maximum Gasteiger partial charge on any atom is 0.330 e. The van der Waals surface area contributed by atoms with Crippen LogP contribution in [0.25, 0.3) is 0 Å². The third-order valence-corrected chi connectivity index (χ3v) is 2.46. The van der Waals surface area contributed by atoms with E-state index < -0.39 is 4.92 Å². The molecule has 2 N–H and O–H groups in total. The number of rotatable bonds is 6. The second-order valence-electron chi connectivity index (χ2n) is 4.11. The van der Waals surface area contributed by atoms with Crippen LogP contribution >= 0.6 is 0 Å². The summed E-state index contributed by atoms with van der Waals surface area (Å²) in [4.78, 5) is 18.5. The van der Waals surface area contributed by atoms with Crippen molar-refractivity contribution in [2.24, 2.45) is 7.05 Å². The zero-order valence-corrected chi connectivity index (χ0v) is 11.2. The van der Waals surface area contributed by atoms with Gasteiger partial charge in [0.25, 0.3) is 0 Å². The first-order valence-corrected chi connectivity index (χ1v) is 6.12. The average molecular weight is 277 g/mol. The van der Waals surface area contributed by atoms with Crippen molar-refractivity contribution in [2.75, 3.05) is 17.2 Å². The van der Waals surface area contributed by atoms with Crippen molar-refractivity contribution in [3.8, 4) is 0 Å². The van der Waals surface area contributed by atoms with Crippen LogP contribution in [0.4, 0.5) is 23.3 Å². The minimum absolute atomic E-state index is 0.113. The fourth-order valence-corrected chi connectivity index (χ4v) is 1.53. The summed E-state index contributed by atoms with van der Waals surface area (Å²) in [6.07, 6.45) is 3.81. The molecule has 0 aromatic carbocycles. The summed E-state index contributed by atoms with van der Waals surface area (Å²) in [5.74, 6) is 0.939. The summed E-state index contributed by atoms with van der Waals surface area (Å²) in [7, 11) is 1.76. The fourth-order valence-electron chi connectivity index (χ4n) is 1.53. The molecule has 2 heterocycles. The Morgan fingerprint density at radius 1 is 1.50 bits per heavy atom. The van der Waals surface area contributed by atoms with E-state index in [-0.39, 0.29) is 11.5 Å². The minimum atomic E-state index is -0.533. The van der Waals surface area contributed by atoms with E-state index >= 15 is 0 Å². The third kappa shape index (κ3) is 3.19. The van der Waals surface area contributed by atoms with E-state index in [1.54, 1.807) is 24.0 Å². The molecule has 0 aliphatic carbocycles. The molecule has 2 aromatic heterocycles. The molecule has 0 aliphatic rings. The highest BCUT2D eigenvalue weighted by Gasteiger charge is 2.18. The molecule has 2 aromatic rings. The first-order chi connectivity index (χ1) is 9.60. The quantitative estimate of drug-likeness (QED) is 0.610. The monoisotopic (exact) mass is 277 g/mol. The summed E-state index contributed by atoms with van der Waals surface area (Å²) in [5, 5.41) is 20.9. The Hall–Kier alpha value is -2.71. The Morgan fingerprint density at radius 2 is 2.30 bits per heavy atom. The van der Waals surface area contributed by atoms with E-state index in [2.05, 4.69) is 25.7 Å². The average Bonchev–Trinajstić information content (AvgIpc) is 2.81. The van der Waals surface area contributed by atoms with E-state index in [9.17, 15) is 10.1 Å². The number of nitro groups is 1. The normalized spacial score (nSPS) is 10.3. The zero-order valence-electron chi connectivity index (χ0n) is 11.2. The Balaban J connectivity index is 2.28. The van der Waals surface area contributed by atoms with Gasteiger partial charge >= 0.3 is 5.69 Å². The van der Waals surface area contributed by atoms with Gasteiger partial charge in [-0.1, -0.05) is 6.92 Å². The van der Waals surface area contributed by atoms with Gasteiger partial charge in [0.15, 0.2) is 5.82 Å². The Bertz CT molecular complexity index is 611. The van der Waals surface area contributed by atoms with E-state index in [0.29, 0.717) is 18.3 Å². The lowest BCUT2D eigenvalue weighted by Gasteiger charge is -2.06. The van der Waals surface area contributed by atoms with Gasteiger partial charge in [0.1, 0.15) is 6.20 Å². The van der Waals surface area contributed by atoms with Gasteiger partial charge in [0.05, 0.1) is 4.92 Å². The highest BCUT2D eigenvalue weighted by Crippen LogP contribution is 2.24. The smallest absolute Gasteiger partial charge is 0.330 e. The standard InChI is InChI=1S/C11H15N7O2/c1-3-5-12-11-13-7-8(18(19)20)10(15-11)14-9-4-6-17(2)16-9/h4,6-7H,3,5H2,1-2H3,(H2,12,13,14,15,16). The number of aromatic nitrogens is 4. The zero-order chi connectivity index (χ0) is 14.5. The number of anilines is 3. The van der Waals surface area contributed by atoms with Crippen molar-refractivity contribution in [1.82, 2.24) is 19.7 Å². The van der Waals surface area contributed by atoms with Crippen molar-refractivity contribution in [1.29, 1.82) is 0 Å². The largest absolute Gasteiger partial charge is 0.354 e. The first-order valence-electron chi connectivity index (χ1n) is 6.12. The van der Waals surface area contributed by atoms with Crippen molar-refractivity contribution >= 4 is 23.3 Å². The third-order valence-electron chi connectivity index (χ3n) is 2.46. The molecule has 0 radical (unpaired) electrons. The number of nitrogens with one attached hydrogen (secondary N) is 2.